The van der Waals surface area contributed by atoms with Crippen LogP contribution in [0.3, 0.4) is 0 Å². The van der Waals surface area contributed by atoms with E-state index >= 15 is 0 Å². The topological polar surface area (TPSA) is 20.2 Å². The molecule has 3 aromatic rings. The fourth-order valence-electron chi connectivity index (χ4n) is 3.43. The first-order valence-corrected chi connectivity index (χ1v) is 10.5. The Balaban J connectivity index is 0.000000282. The first-order valence-electron chi connectivity index (χ1n) is 10.5. The normalized spacial score (nSPS) is 15.2. The van der Waals surface area contributed by atoms with Crippen molar-refractivity contribution in [3.05, 3.63) is 145 Å². The molecule has 0 heterocycles. The van der Waals surface area contributed by atoms with E-state index < -0.39 is 0 Å². The first-order chi connectivity index (χ1) is 14.7. The van der Waals surface area contributed by atoms with Crippen molar-refractivity contribution in [1.29, 1.82) is 0 Å². The van der Waals surface area contributed by atoms with Crippen molar-refractivity contribution in [2.24, 2.45) is 0 Å². The number of hydrogen-bond donors (Lipinski definition) is 1. The van der Waals surface area contributed by atoms with Gasteiger partial charge in [-0.15, -0.1) is 24.3 Å². The van der Waals surface area contributed by atoms with Crippen molar-refractivity contribution in [1.82, 2.24) is 0 Å². The zero-order chi connectivity index (χ0) is 23.0. The second-order valence-electron chi connectivity index (χ2n) is 7.87. The molecule has 0 atom stereocenters. The van der Waals surface area contributed by atoms with Crippen LogP contribution < -0.4 is 0 Å². The van der Waals surface area contributed by atoms with E-state index in [2.05, 4.69) is 54.5 Å². The number of phenols is 1. The van der Waals surface area contributed by atoms with Gasteiger partial charge in [0.2, 0.25) is 0 Å². The molecule has 4 rings (SSSR count). The Hall–Kier alpha value is -2.09. The van der Waals surface area contributed by atoms with Crippen LogP contribution in [0.2, 0.25) is 0 Å². The Morgan fingerprint density at radius 1 is 0.562 bits per heavy atom. The number of phenolic OH excluding ortho intramolecular Hbond substituents is 1. The van der Waals surface area contributed by atoms with Gasteiger partial charge in [0, 0.05) is 11.5 Å². The Morgan fingerprint density at radius 3 is 1.31 bits per heavy atom. The van der Waals surface area contributed by atoms with Gasteiger partial charge in [0.25, 0.3) is 0 Å². The van der Waals surface area contributed by atoms with Crippen molar-refractivity contribution in [2.45, 2.75) is 34.6 Å². The number of benzene rings is 3. The Bertz CT molecular complexity index is 855. The maximum Gasteiger partial charge on any atom is 3.00 e. The van der Waals surface area contributed by atoms with Gasteiger partial charge in [-0.2, -0.15) is 49.2 Å². The minimum Gasteiger partial charge on any atom is -0.508 e. The van der Waals surface area contributed by atoms with Crippen molar-refractivity contribution in [3.63, 3.8) is 0 Å². The van der Waals surface area contributed by atoms with E-state index in [1.54, 1.807) is 6.07 Å². The average molecular weight is 457 g/mol. The zero-order valence-corrected chi connectivity index (χ0v) is 21.4. The standard InChI is InChI=1S/C16H19O.2C7H7.Ti/c1-9-6-7-15(17)14(8-9)16-12(4)10(2)11(3)13(16)5;2*1-7-5-3-2-4-6-7;/h6-8,17H,1-5H3;2*2-6H,1H2;/q;2*-1;+3. The molecule has 0 unspecified atom stereocenters. The van der Waals surface area contributed by atoms with Gasteiger partial charge in [-0.25, -0.2) is 0 Å². The third kappa shape index (κ3) is 7.80. The van der Waals surface area contributed by atoms with E-state index in [0.29, 0.717) is 5.75 Å². The molecule has 0 amide bonds. The third-order valence-electron chi connectivity index (χ3n) is 5.54. The Labute approximate surface area is 211 Å². The van der Waals surface area contributed by atoms with Crippen molar-refractivity contribution in [3.8, 4) is 5.75 Å². The summed E-state index contributed by atoms with van der Waals surface area (Å²) in [5.74, 6) is 6.78. The fraction of sp³-hybridized carbons (Fsp3) is 0.167. The molecule has 1 N–H and O–H groups in total. The van der Waals surface area contributed by atoms with Gasteiger partial charge >= 0.3 is 21.7 Å². The SMILES string of the molecule is C[C]1[C](C)[C](C)[C](c2cc(C)ccc2O)[C]1C.[CH2-]c1ccccc1.[CH2-]c1ccccc1.[Ti+3]. The molecule has 0 spiro atoms. The summed E-state index contributed by atoms with van der Waals surface area (Å²) in [5.41, 5.74) is 4.27. The van der Waals surface area contributed by atoms with Crippen LogP contribution >= 0.6 is 0 Å². The molecule has 3 aromatic carbocycles. The zero-order valence-electron chi connectivity index (χ0n) is 19.9. The Morgan fingerprint density at radius 2 is 0.969 bits per heavy atom. The summed E-state index contributed by atoms with van der Waals surface area (Å²) in [6.45, 7) is 18.0. The predicted molar refractivity (Wildman–Crippen MR) is 133 cm³/mol. The fourth-order valence-corrected chi connectivity index (χ4v) is 3.43. The summed E-state index contributed by atoms with van der Waals surface area (Å²) in [4.78, 5) is 0. The molecule has 1 fully saturated rings. The molecule has 0 aliphatic heterocycles. The summed E-state index contributed by atoms with van der Waals surface area (Å²) in [6, 6.07) is 25.5. The first kappa shape index (κ1) is 27.9. The summed E-state index contributed by atoms with van der Waals surface area (Å²) < 4.78 is 0. The van der Waals surface area contributed by atoms with E-state index in [-0.39, 0.29) is 21.7 Å². The summed E-state index contributed by atoms with van der Waals surface area (Å²) in [7, 11) is 0. The number of rotatable bonds is 1. The van der Waals surface area contributed by atoms with Crippen LogP contribution in [0.5, 0.6) is 5.75 Å². The second kappa shape index (κ2) is 13.5. The van der Waals surface area contributed by atoms with Crippen LogP contribution in [0.4, 0.5) is 0 Å². The van der Waals surface area contributed by atoms with Gasteiger partial charge in [0.05, 0.1) is 0 Å². The van der Waals surface area contributed by atoms with Gasteiger partial charge in [-0.05, 0) is 36.7 Å². The summed E-state index contributed by atoms with van der Waals surface area (Å²) in [6.07, 6.45) is 0. The van der Waals surface area contributed by atoms with E-state index in [0.717, 1.165) is 16.7 Å². The molecule has 32 heavy (non-hydrogen) atoms. The maximum absolute atomic E-state index is 10.0. The summed E-state index contributed by atoms with van der Waals surface area (Å²) >= 11 is 0. The van der Waals surface area contributed by atoms with Gasteiger partial charge in [-0.1, -0.05) is 57.5 Å². The van der Waals surface area contributed by atoms with Crippen molar-refractivity contribution in [2.75, 3.05) is 0 Å². The number of aromatic hydroxyl groups is 1. The molecule has 1 nitrogen and oxygen atoms in total. The van der Waals surface area contributed by atoms with E-state index in [1.165, 1.54) is 35.2 Å². The van der Waals surface area contributed by atoms with E-state index in [1.807, 2.05) is 66.7 Å². The smallest absolute Gasteiger partial charge is 0.508 e. The molecule has 1 aliphatic carbocycles. The molecule has 0 aromatic heterocycles. The average Bonchev–Trinajstić information content (AvgIpc) is 2.95. The second-order valence-corrected chi connectivity index (χ2v) is 7.87. The van der Waals surface area contributed by atoms with Crippen LogP contribution in [0.1, 0.15) is 49.9 Å². The van der Waals surface area contributed by atoms with Crippen molar-refractivity contribution >= 4 is 0 Å². The molecule has 0 saturated heterocycles. The van der Waals surface area contributed by atoms with Crippen molar-refractivity contribution < 1.29 is 26.8 Å². The molecule has 2 heteroatoms. The predicted octanol–water partition coefficient (Wildman–Crippen LogP) is 7.75. The Kier molecular flexibility index (Phi) is 11.8. The van der Waals surface area contributed by atoms with Crippen LogP contribution in [-0.2, 0) is 21.7 Å². The van der Waals surface area contributed by atoms with Gasteiger partial charge in [-0.3, -0.25) is 0 Å². The third-order valence-corrected chi connectivity index (χ3v) is 5.54. The monoisotopic (exact) mass is 457 g/mol. The van der Waals surface area contributed by atoms with Gasteiger partial charge in [0.1, 0.15) is 5.75 Å². The van der Waals surface area contributed by atoms with Crippen LogP contribution in [0.15, 0.2) is 78.9 Å². The molecule has 1 aliphatic rings. The number of aryl methyl sites for hydroxylation is 1. The molecular weight excluding hydrogens is 424 g/mol. The number of hydrogen-bond acceptors (Lipinski definition) is 1. The quantitative estimate of drug-likeness (QED) is 0.293. The molecule has 6 radical (unpaired) electrons. The summed E-state index contributed by atoms with van der Waals surface area (Å²) in [5, 5.41) is 10.0. The molecule has 162 valence electrons. The van der Waals surface area contributed by atoms with Gasteiger partial charge < -0.3 is 5.11 Å². The maximum atomic E-state index is 10.0. The molecule has 1 saturated carbocycles. The van der Waals surface area contributed by atoms with Gasteiger partial charge in [0.15, 0.2) is 0 Å². The molecular formula is C30H33OTi+. The largest absolute Gasteiger partial charge is 3.00 e. The van der Waals surface area contributed by atoms with Crippen LogP contribution in [0.25, 0.3) is 0 Å². The van der Waals surface area contributed by atoms with Crippen LogP contribution in [0, 0.1) is 50.4 Å². The molecule has 0 bridgehead atoms. The van der Waals surface area contributed by atoms with E-state index in [9.17, 15) is 5.11 Å². The minimum atomic E-state index is 0. The minimum absolute atomic E-state index is 0. The van der Waals surface area contributed by atoms with Crippen LogP contribution in [-0.4, -0.2) is 5.11 Å². The van der Waals surface area contributed by atoms with E-state index in [4.69, 9.17) is 0 Å².